The number of hydrogen-bond donors (Lipinski definition) is 1. The highest BCUT2D eigenvalue weighted by atomic mass is 35.5. The Morgan fingerprint density at radius 1 is 1.08 bits per heavy atom. The summed E-state index contributed by atoms with van der Waals surface area (Å²) >= 11 is 0. The van der Waals surface area contributed by atoms with Crippen molar-refractivity contribution >= 4 is 24.0 Å². The number of anilines is 1. The summed E-state index contributed by atoms with van der Waals surface area (Å²) in [6.07, 6.45) is 0.415. The standard InChI is InChI=1S/C19H24N2O3.ClH/c1-21(14-15-7-5-4-6-8-15)12-11-19(22)20-17-10-9-16(23-2)13-18(17)24-3;/h4-10,13H,11-12,14H2,1-3H3,(H,20,22);1H. The maximum Gasteiger partial charge on any atom is 0.225 e. The molecule has 0 unspecified atom stereocenters. The number of carbonyl (C=O) groups is 1. The van der Waals surface area contributed by atoms with Gasteiger partial charge in [-0.15, -0.1) is 12.4 Å². The average molecular weight is 365 g/mol. The van der Waals surface area contributed by atoms with E-state index in [9.17, 15) is 4.79 Å². The molecule has 0 aliphatic rings. The number of carbonyl (C=O) groups excluding carboxylic acids is 1. The molecular weight excluding hydrogens is 340 g/mol. The van der Waals surface area contributed by atoms with Crippen molar-refractivity contribution in [2.45, 2.75) is 13.0 Å². The smallest absolute Gasteiger partial charge is 0.225 e. The van der Waals surface area contributed by atoms with Gasteiger partial charge in [-0.3, -0.25) is 4.79 Å². The van der Waals surface area contributed by atoms with E-state index >= 15 is 0 Å². The monoisotopic (exact) mass is 364 g/mol. The first-order valence-corrected chi connectivity index (χ1v) is 7.86. The number of methoxy groups -OCH3 is 2. The fraction of sp³-hybridized carbons (Fsp3) is 0.316. The third-order valence-electron chi connectivity index (χ3n) is 3.70. The zero-order valence-electron chi connectivity index (χ0n) is 14.8. The Bertz CT molecular complexity index is 665. The molecule has 1 amide bonds. The zero-order valence-corrected chi connectivity index (χ0v) is 15.6. The van der Waals surface area contributed by atoms with Crippen LogP contribution in [0.1, 0.15) is 12.0 Å². The van der Waals surface area contributed by atoms with E-state index in [4.69, 9.17) is 9.47 Å². The minimum Gasteiger partial charge on any atom is -0.497 e. The second kappa shape index (κ2) is 10.6. The Balaban J connectivity index is 0.00000312. The second-order valence-corrected chi connectivity index (χ2v) is 5.59. The van der Waals surface area contributed by atoms with Gasteiger partial charge >= 0.3 is 0 Å². The normalized spacial score (nSPS) is 10.1. The molecule has 0 spiro atoms. The highest BCUT2D eigenvalue weighted by Crippen LogP contribution is 2.29. The highest BCUT2D eigenvalue weighted by molar-refractivity contribution is 5.92. The highest BCUT2D eigenvalue weighted by Gasteiger charge is 2.10. The molecule has 0 fully saturated rings. The topological polar surface area (TPSA) is 50.8 Å². The van der Waals surface area contributed by atoms with Crippen LogP contribution in [0.15, 0.2) is 48.5 Å². The number of amides is 1. The molecule has 25 heavy (non-hydrogen) atoms. The zero-order chi connectivity index (χ0) is 17.4. The van der Waals surface area contributed by atoms with Crippen molar-refractivity contribution in [3.63, 3.8) is 0 Å². The second-order valence-electron chi connectivity index (χ2n) is 5.59. The van der Waals surface area contributed by atoms with Crippen LogP contribution < -0.4 is 14.8 Å². The maximum absolute atomic E-state index is 12.2. The maximum atomic E-state index is 12.2. The van der Waals surface area contributed by atoms with Gasteiger partial charge in [0.2, 0.25) is 5.91 Å². The van der Waals surface area contributed by atoms with Crippen molar-refractivity contribution in [3.05, 3.63) is 54.1 Å². The van der Waals surface area contributed by atoms with Gasteiger partial charge in [0.25, 0.3) is 0 Å². The molecule has 136 valence electrons. The van der Waals surface area contributed by atoms with E-state index < -0.39 is 0 Å². The minimum atomic E-state index is -0.0432. The Hall–Kier alpha value is -2.24. The molecule has 0 radical (unpaired) electrons. The Kier molecular flexibility index (Phi) is 8.81. The summed E-state index contributed by atoms with van der Waals surface area (Å²) in [5.74, 6) is 1.23. The Morgan fingerprint density at radius 3 is 2.44 bits per heavy atom. The first kappa shape index (κ1) is 20.8. The number of nitrogens with zero attached hydrogens (tertiary/aromatic N) is 1. The third kappa shape index (κ3) is 6.64. The van der Waals surface area contributed by atoms with E-state index in [1.165, 1.54) is 5.56 Å². The number of rotatable bonds is 8. The molecule has 5 nitrogen and oxygen atoms in total. The molecule has 6 heteroatoms. The average Bonchev–Trinajstić information content (AvgIpc) is 2.61. The third-order valence-corrected chi connectivity index (χ3v) is 3.70. The molecule has 0 saturated heterocycles. The summed E-state index contributed by atoms with van der Waals surface area (Å²) < 4.78 is 10.4. The van der Waals surface area contributed by atoms with Crippen LogP contribution in [0.3, 0.4) is 0 Å². The largest absolute Gasteiger partial charge is 0.497 e. The number of nitrogens with one attached hydrogen (secondary N) is 1. The van der Waals surface area contributed by atoms with Crippen molar-refractivity contribution in [1.29, 1.82) is 0 Å². The van der Waals surface area contributed by atoms with Gasteiger partial charge in [0.05, 0.1) is 19.9 Å². The lowest BCUT2D eigenvalue weighted by Crippen LogP contribution is -2.24. The van der Waals surface area contributed by atoms with Crippen LogP contribution in [0.2, 0.25) is 0 Å². The van der Waals surface area contributed by atoms with Crippen molar-refractivity contribution in [2.24, 2.45) is 0 Å². The van der Waals surface area contributed by atoms with Crippen LogP contribution in [0, 0.1) is 0 Å². The van der Waals surface area contributed by atoms with E-state index in [2.05, 4.69) is 22.3 Å². The van der Waals surface area contributed by atoms with Crippen LogP contribution in [0.25, 0.3) is 0 Å². The van der Waals surface area contributed by atoms with E-state index in [-0.39, 0.29) is 18.3 Å². The first-order chi connectivity index (χ1) is 11.6. The van der Waals surface area contributed by atoms with E-state index in [0.717, 1.165) is 6.54 Å². The summed E-state index contributed by atoms with van der Waals surface area (Å²) in [5.41, 5.74) is 1.88. The molecule has 0 atom stereocenters. The van der Waals surface area contributed by atoms with Gasteiger partial charge in [0.15, 0.2) is 0 Å². The van der Waals surface area contributed by atoms with Gasteiger partial charge < -0.3 is 19.7 Å². The molecule has 0 bridgehead atoms. The van der Waals surface area contributed by atoms with Crippen LogP contribution in [-0.2, 0) is 11.3 Å². The van der Waals surface area contributed by atoms with Crippen molar-refractivity contribution in [1.82, 2.24) is 4.90 Å². The molecule has 0 aliphatic heterocycles. The lowest BCUT2D eigenvalue weighted by atomic mass is 10.2. The summed E-state index contributed by atoms with van der Waals surface area (Å²) in [5, 5.41) is 2.89. The van der Waals surface area contributed by atoms with Gasteiger partial charge in [0.1, 0.15) is 11.5 Å². The summed E-state index contributed by atoms with van der Waals surface area (Å²) in [6.45, 7) is 1.50. The molecule has 0 saturated carbocycles. The van der Waals surface area contributed by atoms with Gasteiger partial charge in [0, 0.05) is 25.6 Å². The number of benzene rings is 2. The quantitative estimate of drug-likeness (QED) is 0.777. The Morgan fingerprint density at radius 2 is 1.80 bits per heavy atom. The van der Waals surface area contributed by atoms with Crippen LogP contribution in [-0.4, -0.2) is 38.6 Å². The van der Waals surface area contributed by atoms with Gasteiger partial charge in [-0.25, -0.2) is 0 Å². The van der Waals surface area contributed by atoms with Gasteiger partial charge in [-0.1, -0.05) is 30.3 Å². The lowest BCUT2D eigenvalue weighted by molar-refractivity contribution is -0.116. The van der Waals surface area contributed by atoms with Crippen molar-refractivity contribution in [3.8, 4) is 11.5 Å². The lowest BCUT2D eigenvalue weighted by Gasteiger charge is -2.17. The van der Waals surface area contributed by atoms with Crippen LogP contribution in [0.5, 0.6) is 11.5 Å². The molecular formula is C19H25ClN2O3. The molecule has 2 aromatic rings. The predicted molar refractivity (Wildman–Crippen MR) is 103 cm³/mol. The van der Waals surface area contributed by atoms with E-state index in [1.54, 1.807) is 32.4 Å². The number of hydrogen-bond acceptors (Lipinski definition) is 4. The van der Waals surface area contributed by atoms with Crippen molar-refractivity contribution in [2.75, 3.05) is 33.1 Å². The molecule has 2 rings (SSSR count). The van der Waals surface area contributed by atoms with E-state index in [0.29, 0.717) is 30.2 Å². The summed E-state index contributed by atoms with van der Waals surface area (Å²) in [7, 11) is 5.17. The fourth-order valence-corrected chi connectivity index (χ4v) is 2.38. The summed E-state index contributed by atoms with van der Waals surface area (Å²) in [4.78, 5) is 14.3. The molecule has 1 N–H and O–H groups in total. The predicted octanol–water partition coefficient (Wildman–Crippen LogP) is 3.59. The molecule has 0 aromatic heterocycles. The fourth-order valence-electron chi connectivity index (χ4n) is 2.38. The molecule has 0 aliphatic carbocycles. The van der Waals surface area contributed by atoms with Crippen molar-refractivity contribution < 1.29 is 14.3 Å². The molecule has 0 heterocycles. The van der Waals surface area contributed by atoms with Gasteiger partial charge in [-0.2, -0.15) is 0 Å². The summed E-state index contributed by atoms with van der Waals surface area (Å²) in [6, 6.07) is 15.5. The van der Waals surface area contributed by atoms with Crippen LogP contribution in [0.4, 0.5) is 5.69 Å². The van der Waals surface area contributed by atoms with E-state index in [1.807, 2.05) is 25.2 Å². The molecule has 2 aromatic carbocycles. The van der Waals surface area contributed by atoms with Gasteiger partial charge in [-0.05, 0) is 24.7 Å². The minimum absolute atomic E-state index is 0. The number of halogens is 1. The van der Waals surface area contributed by atoms with Crippen LogP contribution >= 0.6 is 12.4 Å². The SMILES string of the molecule is COc1ccc(NC(=O)CCN(C)Cc2ccccc2)c(OC)c1.Cl. The number of ether oxygens (including phenoxy) is 2. The first-order valence-electron chi connectivity index (χ1n) is 7.86. The Labute approximate surface area is 155 Å².